The number of carbonyl (C=O) groups is 3. The molecule has 1 N–H and O–H groups in total. The summed E-state index contributed by atoms with van der Waals surface area (Å²) in [5.74, 6) is -1.48. The van der Waals surface area contributed by atoms with Crippen molar-refractivity contribution in [2.75, 3.05) is 7.11 Å². The lowest BCUT2D eigenvalue weighted by Gasteiger charge is -2.14. The van der Waals surface area contributed by atoms with Gasteiger partial charge in [-0.05, 0) is 56.2 Å². The number of rotatable bonds is 5. The third kappa shape index (κ3) is 5.55. The van der Waals surface area contributed by atoms with Crippen molar-refractivity contribution in [1.29, 1.82) is 0 Å². The number of hydrogen-bond donors (Lipinski definition) is 1. The van der Waals surface area contributed by atoms with Gasteiger partial charge in [0.15, 0.2) is 6.10 Å². The molecular formula is C19H20N2O5S. The molecule has 27 heavy (non-hydrogen) atoms. The van der Waals surface area contributed by atoms with Gasteiger partial charge in [0.1, 0.15) is 5.03 Å². The van der Waals surface area contributed by atoms with E-state index >= 15 is 0 Å². The Morgan fingerprint density at radius 3 is 2.56 bits per heavy atom. The number of hydrogen-bond acceptors (Lipinski definition) is 7. The van der Waals surface area contributed by atoms with Crippen molar-refractivity contribution in [2.24, 2.45) is 0 Å². The molecule has 0 spiro atoms. The molecule has 2 amide bonds. The van der Waals surface area contributed by atoms with Crippen LogP contribution in [0.4, 0.5) is 4.79 Å². The summed E-state index contributed by atoms with van der Waals surface area (Å²) in [6.45, 7) is 5.39. The number of nitrogens with zero attached hydrogens (tertiary/aromatic N) is 1. The Morgan fingerprint density at radius 1 is 1.15 bits per heavy atom. The monoisotopic (exact) mass is 388 g/mol. The second-order valence-electron chi connectivity index (χ2n) is 5.73. The molecule has 1 atom stereocenters. The van der Waals surface area contributed by atoms with Crippen LogP contribution in [0.3, 0.4) is 0 Å². The quantitative estimate of drug-likeness (QED) is 0.786. The van der Waals surface area contributed by atoms with Crippen LogP contribution in [0.1, 0.15) is 28.4 Å². The predicted molar refractivity (Wildman–Crippen MR) is 99.7 cm³/mol. The van der Waals surface area contributed by atoms with Gasteiger partial charge in [-0.25, -0.2) is 14.6 Å². The number of esters is 1. The van der Waals surface area contributed by atoms with Gasteiger partial charge in [-0.3, -0.25) is 10.1 Å². The van der Waals surface area contributed by atoms with E-state index in [-0.39, 0.29) is 5.56 Å². The zero-order chi connectivity index (χ0) is 20.0. The van der Waals surface area contributed by atoms with E-state index in [2.05, 4.69) is 9.72 Å². The van der Waals surface area contributed by atoms with Crippen LogP contribution in [0.15, 0.2) is 46.5 Å². The van der Waals surface area contributed by atoms with Crippen LogP contribution in [0, 0.1) is 13.8 Å². The summed E-state index contributed by atoms with van der Waals surface area (Å²) in [6, 6.07) is 9.14. The molecule has 0 unspecified atom stereocenters. The number of methoxy groups -OCH3 is 1. The van der Waals surface area contributed by atoms with Crippen molar-refractivity contribution in [1.82, 2.24) is 10.3 Å². The zero-order valence-electron chi connectivity index (χ0n) is 15.4. The Labute approximate surface area is 161 Å². The number of benzene rings is 1. The van der Waals surface area contributed by atoms with Crippen molar-refractivity contribution in [3.63, 3.8) is 0 Å². The largest absolute Gasteiger partial charge is 0.453 e. The number of aromatic nitrogens is 1. The molecule has 0 fully saturated rings. The highest BCUT2D eigenvalue weighted by molar-refractivity contribution is 7.99. The van der Waals surface area contributed by atoms with Crippen LogP contribution in [0.2, 0.25) is 0 Å². The maximum Gasteiger partial charge on any atom is 0.413 e. The highest BCUT2D eigenvalue weighted by Gasteiger charge is 2.23. The van der Waals surface area contributed by atoms with Crippen molar-refractivity contribution >= 4 is 29.7 Å². The number of carbonyl (C=O) groups excluding carboxylic acids is 3. The molecular weight excluding hydrogens is 368 g/mol. The van der Waals surface area contributed by atoms with Crippen LogP contribution < -0.4 is 5.32 Å². The summed E-state index contributed by atoms with van der Waals surface area (Å²) in [5.41, 5.74) is 2.54. The Hall–Kier alpha value is -2.87. The molecule has 1 heterocycles. The minimum absolute atomic E-state index is 0.235. The average molecular weight is 388 g/mol. The molecule has 0 aliphatic rings. The lowest BCUT2D eigenvalue weighted by atomic mass is 10.1. The van der Waals surface area contributed by atoms with Gasteiger partial charge in [-0.15, -0.1) is 0 Å². The van der Waals surface area contributed by atoms with E-state index in [4.69, 9.17) is 4.74 Å². The van der Waals surface area contributed by atoms with E-state index in [0.29, 0.717) is 5.03 Å². The molecule has 0 bridgehead atoms. The molecule has 8 heteroatoms. The topological polar surface area (TPSA) is 94.6 Å². The Kier molecular flexibility index (Phi) is 6.95. The second kappa shape index (κ2) is 9.18. The Bertz CT molecular complexity index is 869. The SMILES string of the molecule is COC(=O)NC(=O)[C@H](C)OC(=O)c1cccnc1Sc1ccc(C)c(C)c1. The van der Waals surface area contributed by atoms with E-state index in [9.17, 15) is 14.4 Å². The summed E-state index contributed by atoms with van der Waals surface area (Å²) in [6.07, 6.45) is -0.514. The standard InChI is InChI=1S/C19H20N2O5S/c1-11-7-8-14(10-12(11)2)27-17-15(6-5-9-20-17)18(23)26-13(3)16(22)21-19(24)25-4/h5-10,13H,1-4H3,(H,21,22,24)/t13-/m0/s1. The summed E-state index contributed by atoms with van der Waals surface area (Å²) < 4.78 is 9.49. The van der Waals surface area contributed by atoms with Gasteiger partial charge in [0.25, 0.3) is 5.91 Å². The van der Waals surface area contributed by atoms with E-state index in [0.717, 1.165) is 17.6 Å². The molecule has 0 aliphatic heterocycles. The summed E-state index contributed by atoms with van der Waals surface area (Å²) in [7, 11) is 1.13. The summed E-state index contributed by atoms with van der Waals surface area (Å²) in [4.78, 5) is 40.6. The van der Waals surface area contributed by atoms with E-state index < -0.39 is 24.1 Å². The smallest absolute Gasteiger partial charge is 0.413 e. The van der Waals surface area contributed by atoms with Gasteiger partial charge in [-0.2, -0.15) is 0 Å². The van der Waals surface area contributed by atoms with E-state index in [1.807, 2.05) is 37.4 Å². The number of imide groups is 1. The first-order valence-corrected chi connectivity index (χ1v) is 8.93. The summed E-state index contributed by atoms with van der Waals surface area (Å²) >= 11 is 1.33. The van der Waals surface area contributed by atoms with Crippen LogP contribution in [0.25, 0.3) is 0 Å². The molecule has 1 aromatic carbocycles. The number of aryl methyl sites for hydroxylation is 2. The molecule has 0 radical (unpaired) electrons. The average Bonchev–Trinajstić information content (AvgIpc) is 2.64. The predicted octanol–water partition coefficient (Wildman–Crippen LogP) is 3.28. The fourth-order valence-electron chi connectivity index (χ4n) is 2.05. The molecule has 0 saturated carbocycles. The number of alkyl carbamates (subject to hydrolysis) is 1. The van der Waals surface area contributed by atoms with Crippen LogP contribution in [0.5, 0.6) is 0 Å². The fourth-order valence-corrected chi connectivity index (χ4v) is 3.02. The van der Waals surface area contributed by atoms with E-state index in [1.165, 1.54) is 24.2 Å². The third-order valence-corrected chi connectivity index (χ3v) is 4.76. The van der Waals surface area contributed by atoms with Gasteiger partial charge >= 0.3 is 12.1 Å². The normalized spacial score (nSPS) is 11.4. The highest BCUT2D eigenvalue weighted by Crippen LogP contribution is 2.30. The second-order valence-corrected chi connectivity index (χ2v) is 6.79. The molecule has 0 saturated heterocycles. The minimum atomic E-state index is -1.17. The first kappa shape index (κ1) is 20.4. The first-order chi connectivity index (χ1) is 12.8. The van der Waals surface area contributed by atoms with Gasteiger partial charge in [0.2, 0.25) is 0 Å². The van der Waals surface area contributed by atoms with Gasteiger partial charge < -0.3 is 9.47 Å². The summed E-state index contributed by atoms with van der Waals surface area (Å²) in [5, 5.41) is 2.42. The first-order valence-electron chi connectivity index (χ1n) is 8.11. The van der Waals surface area contributed by atoms with Crippen LogP contribution in [-0.2, 0) is 14.3 Å². The van der Waals surface area contributed by atoms with Crippen molar-refractivity contribution < 1.29 is 23.9 Å². The number of amides is 2. The van der Waals surface area contributed by atoms with Crippen molar-refractivity contribution in [3.8, 4) is 0 Å². The zero-order valence-corrected chi connectivity index (χ0v) is 16.3. The molecule has 0 aliphatic carbocycles. The van der Waals surface area contributed by atoms with E-state index in [1.54, 1.807) is 18.3 Å². The van der Waals surface area contributed by atoms with Crippen molar-refractivity contribution in [2.45, 2.75) is 36.8 Å². The maximum atomic E-state index is 12.5. The van der Waals surface area contributed by atoms with Gasteiger partial charge in [0, 0.05) is 11.1 Å². The molecule has 1 aromatic heterocycles. The Balaban J connectivity index is 2.14. The Morgan fingerprint density at radius 2 is 1.89 bits per heavy atom. The lowest BCUT2D eigenvalue weighted by molar-refractivity contribution is -0.128. The molecule has 2 rings (SSSR count). The third-order valence-electron chi connectivity index (χ3n) is 3.75. The van der Waals surface area contributed by atoms with Crippen LogP contribution in [-0.4, -0.2) is 36.2 Å². The number of ether oxygens (including phenoxy) is 2. The molecule has 142 valence electrons. The number of pyridine rings is 1. The maximum absolute atomic E-state index is 12.5. The highest BCUT2D eigenvalue weighted by atomic mass is 32.2. The lowest BCUT2D eigenvalue weighted by Crippen LogP contribution is -2.39. The van der Waals surface area contributed by atoms with Gasteiger partial charge in [0.05, 0.1) is 12.7 Å². The van der Waals surface area contributed by atoms with Crippen LogP contribution >= 0.6 is 11.8 Å². The number of nitrogens with one attached hydrogen (secondary N) is 1. The fraction of sp³-hybridized carbons (Fsp3) is 0.263. The van der Waals surface area contributed by atoms with Gasteiger partial charge in [-0.1, -0.05) is 17.8 Å². The molecule has 7 nitrogen and oxygen atoms in total. The van der Waals surface area contributed by atoms with Crippen molar-refractivity contribution in [3.05, 3.63) is 53.2 Å². The molecule has 2 aromatic rings. The minimum Gasteiger partial charge on any atom is -0.453 e.